The number of hydrogen-bond acceptors (Lipinski definition) is 2. The molecule has 0 aliphatic rings. The van der Waals surface area contributed by atoms with Gasteiger partial charge >= 0.3 is 0 Å². The lowest BCUT2D eigenvalue weighted by atomic mass is 10.3. The third kappa shape index (κ3) is 7.77. The molecule has 0 aliphatic carbocycles. The minimum atomic E-state index is 0.624. The Morgan fingerprint density at radius 2 is 1.82 bits per heavy atom. The molecule has 3 nitrogen and oxygen atoms in total. The van der Waals surface area contributed by atoms with Crippen molar-refractivity contribution in [1.82, 2.24) is 0 Å². The summed E-state index contributed by atoms with van der Waals surface area (Å²) >= 11 is 0. The average Bonchev–Trinajstić information content (AvgIpc) is 2.38. The van der Waals surface area contributed by atoms with Crippen LogP contribution in [0.2, 0.25) is 0 Å². The van der Waals surface area contributed by atoms with Crippen LogP contribution in [0.15, 0.2) is 30.3 Å². The third-order valence-electron chi connectivity index (χ3n) is 2.47. The maximum Gasteiger partial charge on any atom is 0.119 e. The molecule has 0 fully saturated rings. The van der Waals surface area contributed by atoms with Crippen molar-refractivity contribution >= 4 is 0 Å². The van der Waals surface area contributed by atoms with E-state index in [2.05, 4.69) is 12.2 Å². The molecule has 0 atom stereocenters. The van der Waals surface area contributed by atoms with Crippen LogP contribution in [0.3, 0.4) is 0 Å². The van der Waals surface area contributed by atoms with Crippen LogP contribution in [0.1, 0.15) is 19.8 Å². The highest BCUT2D eigenvalue weighted by atomic mass is 16.5. The highest BCUT2D eigenvalue weighted by Crippen LogP contribution is 2.07. The van der Waals surface area contributed by atoms with Gasteiger partial charge in [-0.1, -0.05) is 31.5 Å². The second-order valence-corrected chi connectivity index (χ2v) is 3.99. The number of rotatable bonds is 10. The molecule has 17 heavy (non-hydrogen) atoms. The number of quaternary nitrogens is 1. The maximum absolute atomic E-state index is 5.52. The van der Waals surface area contributed by atoms with Crippen LogP contribution >= 0.6 is 0 Å². The van der Waals surface area contributed by atoms with Crippen molar-refractivity contribution in [1.29, 1.82) is 0 Å². The fourth-order valence-electron chi connectivity index (χ4n) is 1.50. The minimum Gasteiger partial charge on any atom is -0.491 e. The summed E-state index contributed by atoms with van der Waals surface area (Å²) in [6.45, 7) is 6.56. The quantitative estimate of drug-likeness (QED) is 0.626. The summed E-state index contributed by atoms with van der Waals surface area (Å²) in [7, 11) is 0. The Labute approximate surface area is 104 Å². The third-order valence-corrected chi connectivity index (χ3v) is 2.47. The van der Waals surface area contributed by atoms with Gasteiger partial charge in [-0.3, -0.25) is 0 Å². The zero-order valence-electron chi connectivity index (χ0n) is 10.7. The van der Waals surface area contributed by atoms with Crippen molar-refractivity contribution in [3.05, 3.63) is 30.3 Å². The first-order valence-corrected chi connectivity index (χ1v) is 6.50. The first-order chi connectivity index (χ1) is 8.43. The Bertz CT molecular complexity index is 264. The highest BCUT2D eigenvalue weighted by Gasteiger charge is 1.93. The Balaban J connectivity index is 1.85. The smallest absolute Gasteiger partial charge is 0.119 e. The summed E-state index contributed by atoms with van der Waals surface area (Å²) in [5, 5.41) is 2.31. The fourth-order valence-corrected chi connectivity index (χ4v) is 1.50. The molecule has 1 aromatic rings. The van der Waals surface area contributed by atoms with E-state index in [-0.39, 0.29) is 0 Å². The first kappa shape index (κ1) is 14.0. The van der Waals surface area contributed by atoms with Gasteiger partial charge in [0, 0.05) is 0 Å². The van der Waals surface area contributed by atoms with Crippen molar-refractivity contribution in [3.63, 3.8) is 0 Å². The Morgan fingerprint density at radius 3 is 2.59 bits per heavy atom. The molecule has 0 aliphatic heterocycles. The van der Waals surface area contributed by atoms with E-state index < -0.39 is 0 Å². The molecule has 1 aromatic carbocycles. The first-order valence-electron chi connectivity index (χ1n) is 6.50. The molecule has 0 bridgehead atoms. The number of benzene rings is 1. The Kier molecular flexibility index (Phi) is 8.33. The SMILES string of the molecule is CCCC[NH2+]CCOCCOc1ccccc1. The van der Waals surface area contributed by atoms with E-state index in [0.29, 0.717) is 13.2 Å². The minimum absolute atomic E-state index is 0.624. The normalized spacial score (nSPS) is 10.4. The van der Waals surface area contributed by atoms with Gasteiger partial charge in [-0.05, 0) is 18.6 Å². The fraction of sp³-hybridized carbons (Fsp3) is 0.571. The number of para-hydroxylation sites is 1. The molecule has 0 amide bonds. The molecule has 1 rings (SSSR count). The zero-order valence-corrected chi connectivity index (χ0v) is 10.7. The summed E-state index contributed by atoms with van der Waals surface area (Å²) in [5.41, 5.74) is 0. The topological polar surface area (TPSA) is 35.1 Å². The van der Waals surface area contributed by atoms with E-state index in [1.165, 1.54) is 19.4 Å². The van der Waals surface area contributed by atoms with Crippen LogP contribution in [0.5, 0.6) is 5.75 Å². The molecule has 0 radical (unpaired) electrons. The summed E-state index contributed by atoms with van der Waals surface area (Å²) in [4.78, 5) is 0. The lowest BCUT2D eigenvalue weighted by Gasteiger charge is -2.06. The van der Waals surface area contributed by atoms with Crippen LogP contribution < -0.4 is 10.1 Å². The largest absolute Gasteiger partial charge is 0.491 e. The van der Waals surface area contributed by atoms with Gasteiger partial charge in [-0.15, -0.1) is 0 Å². The van der Waals surface area contributed by atoms with Gasteiger partial charge < -0.3 is 14.8 Å². The molecule has 0 saturated heterocycles. The molecule has 0 saturated carbocycles. The van der Waals surface area contributed by atoms with E-state index >= 15 is 0 Å². The molecular formula is C14H24NO2+. The van der Waals surface area contributed by atoms with Crippen LogP contribution in [-0.4, -0.2) is 32.9 Å². The number of hydrogen-bond donors (Lipinski definition) is 1. The summed E-state index contributed by atoms with van der Waals surface area (Å²) < 4.78 is 11.0. The maximum atomic E-state index is 5.52. The van der Waals surface area contributed by atoms with Crippen molar-refractivity contribution < 1.29 is 14.8 Å². The zero-order chi connectivity index (χ0) is 12.2. The van der Waals surface area contributed by atoms with Crippen LogP contribution in [0.25, 0.3) is 0 Å². The lowest BCUT2D eigenvalue weighted by Crippen LogP contribution is -2.85. The van der Waals surface area contributed by atoms with Gasteiger partial charge in [-0.25, -0.2) is 0 Å². The van der Waals surface area contributed by atoms with Gasteiger partial charge in [0.25, 0.3) is 0 Å². The molecule has 96 valence electrons. The van der Waals surface area contributed by atoms with Crippen molar-refractivity contribution in [2.45, 2.75) is 19.8 Å². The summed E-state index contributed by atoms with van der Waals surface area (Å²) in [5.74, 6) is 0.908. The number of nitrogens with two attached hydrogens (primary N) is 1. The van der Waals surface area contributed by atoms with Gasteiger partial charge in [0.2, 0.25) is 0 Å². The average molecular weight is 238 g/mol. The predicted molar refractivity (Wildman–Crippen MR) is 69.3 cm³/mol. The molecule has 2 N–H and O–H groups in total. The van der Waals surface area contributed by atoms with Crippen LogP contribution in [-0.2, 0) is 4.74 Å². The van der Waals surface area contributed by atoms with Gasteiger partial charge in [0.05, 0.1) is 26.3 Å². The van der Waals surface area contributed by atoms with Crippen LogP contribution in [0, 0.1) is 0 Å². The van der Waals surface area contributed by atoms with Crippen molar-refractivity contribution in [2.75, 3.05) is 32.9 Å². The molecule has 0 unspecified atom stereocenters. The van der Waals surface area contributed by atoms with Crippen molar-refractivity contribution in [2.24, 2.45) is 0 Å². The second kappa shape index (κ2) is 10.1. The Hall–Kier alpha value is -1.06. The molecule has 0 heterocycles. The van der Waals surface area contributed by atoms with E-state index in [1.54, 1.807) is 0 Å². The predicted octanol–water partition coefficient (Wildman–Crippen LogP) is 1.45. The number of unbranched alkanes of at least 4 members (excludes halogenated alkanes) is 1. The monoisotopic (exact) mass is 238 g/mol. The van der Waals surface area contributed by atoms with Gasteiger partial charge in [-0.2, -0.15) is 0 Å². The van der Waals surface area contributed by atoms with E-state index in [0.717, 1.165) is 18.9 Å². The second-order valence-electron chi connectivity index (χ2n) is 3.99. The standard InChI is InChI=1S/C14H23NO2/c1-2-3-9-15-10-11-16-12-13-17-14-7-5-4-6-8-14/h4-8,15H,2-3,9-13H2,1H3/p+1. The molecular weight excluding hydrogens is 214 g/mol. The summed E-state index contributed by atoms with van der Waals surface area (Å²) in [6.07, 6.45) is 2.55. The van der Waals surface area contributed by atoms with E-state index in [9.17, 15) is 0 Å². The number of ether oxygens (including phenoxy) is 2. The van der Waals surface area contributed by atoms with E-state index in [1.807, 2.05) is 30.3 Å². The summed E-state index contributed by atoms with van der Waals surface area (Å²) in [6, 6.07) is 9.84. The molecule has 3 heteroatoms. The Morgan fingerprint density at radius 1 is 1.00 bits per heavy atom. The van der Waals surface area contributed by atoms with Crippen LogP contribution in [0.4, 0.5) is 0 Å². The lowest BCUT2D eigenvalue weighted by molar-refractivity contribution is -0.656. The van der Waals surface area contributed by atoms with Gasteiger partial charge in [0.15, 0.2) is 0 Å². The molecule has 0 aromatic heterocycles. The van der Waals surface area contributed by atoms with E-state index in [4.69, 9.17) is 9.47 Å². The van der Waals surface area contributed by atoms with Gasteiger partial charge in [0.1, 0.15) is 12.4 Å². The highest BCUT2D eigenvalue weighted by molar-refractivity contribution is 5.20. The van der Waals surface area contributed by atoms with Crippen molar-refractivity contribution in [3.8, 4) is 5.75 Å². The molecule has 0 spiro atoms.